The molecular weight excluding hydrogens is 260 g/mol. The van der Waals surface area contributed by atoms with Crippen LogP contribution in [0.15, 0.2) is 23.1 Å². The fraction of sp³-hybridized carbons (Fsp3) is 0.571. The highest BCUT2D eigenvalue weighted by Gasteiger charge is 2.37. The van der Waals surface area contributed by atoms with Gasteiger partial charge in [-0.2, -0.15) is 4.31 Å². The van der Waals surface area contributed by atoms with Crippen LogP contribution in [0.4, 0.5) is 0 Å². The predicted molar refractivity (Wildman–Crippen MR) is 76.4 cm³/mol. The van der Waals surface area contributed by atoms with E-state index in [2.05, 4.69) is 0 Å². The summed E-state index contributed by atoms with van der Waals surface area (Å²) in [4.78, 5) is 0.398. The van der Waals surface area contributed by atoms with E-state index >= 15 is 0 Å². The number of sulfonamides is 1. The van der Waals surface area contributed by atoms with Crippen LogP contribution in [0.5, 0.6) is 0 Å². The zero-order valence-corrected chi connectivity index (χ0v) is 12.6. The molecule has 2 N–H and O–H groups in total. The van der Waals surface area contributed by atoms with E-state index in [9.17, 15) is 8.42 Å². The van der Waals surface area contributed by atoms with Crippen LogP contribution in [0.1, 0.15) is 24.5 Å². The van der Waals surface area contributed by atoms with Crippen LogP contribution in [-0.4, -0.2) is 31.9 Å². The molecule has 4 nitrogen and oxygen atoms in total. The third-order valence-corrected chi connectivity index (χ3v) is 5.70. The van der Waals surface area contributed by atoms with E-state index in [1.165, 1.54) is 0 Å². The molecule has 106 valence electrons. The largest absolute Gasteiger partial charge is 0.330 e. The Kier molecular flexibility index (Phi) is 3.99. The molecule has 5 heteroatoms. The van der Waals surface area contributed by atoms with Gasteiger partial charge in [0.25, 0.3) is 0 Å². The first-order valence-corrected chi connectivity index (χ1v) is 8.09. The Bertz CT molecular complexity index is 549. The maximum atomic E-state index is 12.7. The third kappa shape index (κ3) is 2.83. The molecule has 1 aromatic carbocycles. The summed E-state index contributed by atoms with van der Waals surface area (Å²) in [5.74, 6) is 0.274. The summed E-state index contributed by atoms with van der Waals surface area (Å²) in [6.07, 6.45) is 0.848. The molecule has 0 radical (unpaired) electrons. The summed E-state index contributed by atoms with van der Waals surface area (Å²) in [6, 6.07) is 5.49. The van der Waals surface area contributed by atoms with Crippen molar-refractivity contribution in [2.45, 2.75) is 38.1 Å². The van der Waals surface area contributed by atoms with Crippen LogP contribution in [0.2, 0.25) is 0 Å². The maximum Gasteiger partial charge on any atom is 0.243 e. The lowest BCUT2D eigenvalue weighted by Gasteiger charge is -2.21. The molecule has 0 aliphatic carbocycles. The van der Waals surface area contributed by atoms with Crippen LogP contribution in [0, 0.1) is 19.8 Å². The minimum Gasteiger partial charge on any atom is -0.330 e. The number of benzene rings is 1. The van der Waals surface area contributed by atoms with Gasteiger partial charge in [-0.15, -0.1) is 0 Å². The molecule has 0 spiro atoms. The molecule has 2 rings (SSSR count). The Balaban J connectivity index is 2.37. The molecule has 19 heavy (non-hydrogen) atoms. The van der Waals surface area contributed by atoms with Gasteiger partial charge >= 0.3 is 0 Å². The predicted octanol–water partition coefficient (Wildman–Crippen LogP) is 1.66. The fourth-order valence-electron chi connectivity index (χ4n) is 2.83. The van der Waals surface area contributed by atoms with Gasteiger partial charge in [0.05, 0.1) is 4.90 Å². The van der Waals surface area contributed by atoms with E-state index in [-0.39, 0.29) is 12.0 Å². The molecule has 0 amide bonds. The average molecular weight is 282 g/mol. The summed E-state index contributed by atoms with van der Waals surface area (Å²) in [6.45, 7) is 6.87. The van der Waals surface area contributed by atoms with Crippen molar-refractivity contribution in [3.8, 4) is 0 Å². The Labute approximate surface area is 115 Å². The summed E-state index contributed by atoms with van der Waals surface area (Å²) < 4.78 is 27.0. The van der Waals surface area contributed by atoms with Crippen molar-refractivity contribution in [1.82, 2.24) is 4.31 Å². The zero-order valence-electron chi connectivity index (χ0n) is 11.8. The van der Waals surface area contributed by atoms with E-state index < -0.39 is 10.0 Å². The minimum atomic E-state index is -3.40. The van der Waals surface area contributed by atoms with E-state index in [1.807, 2.05) is 26.8 Å². The Morgan fingerprint density at radius 3 is 2.32 bits per heavy atom. The minimum absolute atomic E-state index is 0.0272. The van der Waals surface area contributed by atoms with E-state index in [0.717, 1.165) is 17.5 Å². The lowest BCUT2D eigenvalue weighted by molar-refractivity contribution is 0.404. The second-order valence-corrected chi connectivity index (χ2v) is 7.48. The number of nitrogens with zero attached hydrogens (tertiary/aromatic N) is 1. The van der Waals surface area contributed by atoms with Crippen molar-refractivity contribution >= 4 is 10.0 Å². The van der Waals surface area contributed by atoms with E-state index in [0.29, 0.717) is 18.0 Å². The molecule has 0 saturated carbocycles. The lowest BCUT2D eigenvalue weighted by atomic mass is 10.1. The lowest BCUT2D eigenvalue weighted by Crippen LogP contribution is -2.34. The second-order valence-electron chi connectivity index (χ2n) is 5.58. The van der Waals surface area contributed by atoms with Crippen molar-refractivity contribution in [3.05, 3.63) is 29.3 Å². The summed E-state index contributed by atoms with van der Waals surface area (Å²) in [5.41, 5.74) is 7.61. The van der Waals surface area contributed by atoms with Gasteiger partial charge in [-0.1, -0.05) is 6.07 Å². The Morgan fingerprint density at radius 2 is 1.84 bits per heavy atom. The number of nitrogens with two attached hydrogens (primary N) is 1. The summed E-state index contributed by atoms with van der Waals surface area (Å²) in [7, 11) is -3.40. The summed E-state index contributed by atoms with van der Waals surface area (Å²) >= 11 is 0. The van der Waals surface area contributed by atoms with Gasteiger partial charge < -0.3 is 5.73 Å². The van der Waals surface area contributed by atoms with Crippen molar-refractivity contribution in [2.75, 3.05) is 13.1 Å². The summed E-state index contributed by atoms with van der Waals surface area (Å²) in [5, 5.41) is 0. The number of hydrogen-bond donors (Lipinski definition) is 1. The first-order valence-electron chi connectivity index (χ1n) is 6.65. The molecule has 1 aliphatic heterocycles. The first kappa shape index (κ1) is 14.5. The van der Waals surface area contributed by atoms with Crippen LogP contribution >= 0.6 is 0 Å². The van der Waals surface area contributed by atoms with Gasteiger partial charge in [-0.3, -0.25) is 0 Å². The van der Waals surface area contributed by atoms with Crippen molar-refractivity contribution < 1.29 is 8.42 Å². The molecule has 1 saturated heterocycles. The molecule has 0 aromatic heterocycles. The van der Waals surface area contributed by atoms with Gasteiger partial charge in [0.2, 0.25) is 10.0 Å². The average Bonchev–Trinajstić information content (AvgIpc) is 2.70. The number of aryl methyl sites for hydroxylation is 2. The van der Waals surface area contributed by atoms with E-state index in [4.69, 9.17) is 5.73 Å². The topological polar surface area (TPSA) is 63.4 Å². The SMILES string of the molecule is Cc1cc(C)cc(S(=O)(=O)N2CC(CN)CC2C)c1. The van der Waals surface area contributed by atoms with Crippen molar-refractivity contribution in [3.63, 3.8) is 0 Å². The van der Waals surface area contributed by atoms with Crippen LogP contribution in [0.25, 0.3) is 0 Å². The molecule has 1 aliphatic rings. The van der Waals surface area contributed by atoms with Gasteiger partial charge in [0.15, 0.2) is 0 Å². The van der Waals surface area contributed by atoms with Crippen molar-refractivity contribution in [2.24, 2.45) is 11.7 Å². The van der Waals surface area contributed by atoms with Crippen LogP contribution in [0.3, 0.4) is 0 Å². The standard InChI is InChI=1S/C14H22N2O2S/c1-10-4-11(2)6-14(5-10)19(17,18)16-9-13(8-15)7-12(16)3/h4-6,12-13H,7-9,15H2,1-3H3. The van der Waals surface area contributed by atoms with Gasteiger partial charge in [-0.05, 0) is 62.9 Å². The second kappa shape index (κ2) is 5.23. The molecular formula is C14H22N2O2S. The Hall–Kier alpha value is -0.910. The highest BCUT2D eigenvalue weighted by Crippen LogP contribution is 2.29. The molecule has 2 atom stereocenters. The fourth-order valence-corrected chi connectivity index (χ4v) is 4.74. The normalized spacial score (nSPS) is 24.8. The highest BCUT2D eigenvalue weighted by atomic mass is 32.2. The molecule has 1 heterocycles. The number of hydrogen-bond acceptors (Lipinski definition) is 3. The Morgan fingerprint density at radius 1 is 1.26 bits per heavy atom. The van der Waals surface area contributed by atoms with Gasteiger partial charge in [-0.25, -0.2) is 8.42 Å². The molecule has 1 aromatic rings. The van der Waals surface area contributed by atoms with Gasteiger partial charge in [0, 0.05) is 12.6 Å². The van der Waals surface area contributed by atoms with Crippen LogP contribution in [-0.2, 0) is 10.0 Å². The molecule has 2 unspecified atom stereocenters. The zero-order chi connectivity index (χ0) is 14.2. The van der Waals surface area contributed by atoms with Crippen molar-refractivity contribution in [1.29, 1.82) is 0 Å². The quantitative estimate of drug-likeness (QED) is 0.917. The first-order chi connectivity index (χ1) is 8.84. The van der Waals surface area contributed by atoms with Crippen LogP contribution < -0.4 is 5.73 Å². The number of rotatable bonds is 3. The maximum absolute atomic E-state index is 12.7. The third-order valence-electron chi connectivity index (χ3n) is 3.74. The van der Waals surface area contributed by atoms with Gasteiger partial charge in [0.1, 0.15) is 0 Å². The molecule has 1 fully saturated rings. The smallest absolute Gasteiger partial charge is 0.243 e. The highest BCUT2D eigenvalue weighted by molar-refractivity contribution is 7.89. The monoisotopic (exact) mass is 282 g/mol. The van der Waals surface area contributed by atoms with E-state index in [1.54, 1.807) is 16.4 Å². The molecule has 0 bridgehead atoms.